The van der Waals surface area contributed by atoms with Gasteiger partial charge in [0, 0.05) is 24.5 Å². The number of aryl methyl sites for hydroxylation is 1. The number of nitrogens with zero attached hydrogens (tertiary/aromatic N) is 1. The summed E-state index contributed by atoms with van der Waals surface area (Å²) in [7, 11) is 2.12. The average Bonchev–Trinajstić information content (AvgIpc) is 2.59. The SMILES string of the molecule is Cc1ccsc1CN(C)CCOCCN.Cl. The Labute approximate surface area is 108 Å². The van der Waals surface area contributed by atoms with Crippen LogP contribution in [0.2, 0.25) is 0 Å². The Bertz CT molecular complexity index is 281. The lowest BCUT2D eigenvalue weighted by atomic mass is 10.3. The molecule has 1 heterocycles. The zero-order valence-electron chi connectivity index (χ0n) is 9.94. The van der Waals surface area contributed by atoms with Crippen molar-refractivity contribution in [2.45, 2.75) is 13.5 Å². The number of ether oxygens (including phenoxy) is 1. The molecule has 0 amide bonds. The number of nitrogens with two attached hydrogens (primary N) is 1. The number of rotatable bonds is 7. The van der Waals surface area contributed by atoms with Gasteiger partial charge < -0.3 is 10.5 Å². The van der Waals surface area contributed by atoms with E-state index in [1.165, 1.54) is 10.4 Å². The van der Waals surface area contributed by atoms with E-state index in [0.717, 1.165) is 19.7 Å². The summed E-state index contributed by atoms with van der Waals surface area (Å²) in [5, 5.41) is 2.14. The minimum Gasteiger partial charge on any atom is -0.379 e. The van der Waals surface area contributed by atoms with E-state index < -0.39 is 0 Å². The second kappa shape index (κ2) is 8.96. The summed E-state index contributed by atoms with van der Waals surface area (Å²) in [6, 6.07) is 2.17. The largest absolute Gasteiger partial charge is 0.379 e. The Hall–Kier alpha value is -0.130. The van der Waals surface area contributed by atoms with Crippen LogP contribution in [0.25, 0.3) is 0 Å². The maximum atomic E-state index is 5.34. The lowest BCUT2D eigenvalue weighted by molar-refractivity contribution is 0.116. The summed E-state index contributed by atoms with van der Waals surface area (Å²) >= 11 is 1.82. The van der Waals surface area contributed by atoms with Gasteiger partial charge in [-0.2, -0.15) is 0 Å². The van der Waals surface area contributed by atoms with E-state index in [9.17, 15) is 0 Å². The van der Waals surface area contributed by atoms with Crippen LogP contribution in [-0.4, -0.2) is 38.3 Å². The summed E-state index contributed by atoms with van der Waals surface area (Å²) in [6.45, 7) is 6.15. The average molecular weight is 265 g/mol. The molecule has 1 aromatic rings. The third kappa shape index (κ3) is 5.82. The number of hydrogen-bond acceptors (Lipinski definition) is 4. The van der Waals surface area contributed by atoms with E-state index in [-0.39, 0.29) is 12.4 Å². The van der Waals surface area contributed by atoms with Crippen LogP contribution in [0.5, 0.6) is 0 Å². The summed E-state index contributed by atoms with van der Waals surface area (Å²) in [4.78, 5) is 3.71. The molecule has 0 radical (unpaired) electrons. The van der Waals surface area contributed by atoms with Gasteiger partial charge in [-0.05, 0) is 31.0 Å². The van der Waals surface area contributed by atoms with Crippen LogP contribution in [-0.2, 0) is 11.3 Å². The molecular weight excluding hydrogens is 244 g/mol. The van der Waals surface area contributed by atoms with Crippen molar-refractivity contribution in [3.8, 4) is 0 Å². The van der Waals surface area contributed by atoms with E-state index in [2.05, 4.69) is 30.3 Å². The van der Waals surface area contributed by atoms with Gasteiger partial charge in [-0.15, -0.1) is 23.7 Å². The van der Waals surface area contributed by atoms with Crippen molar-refractivity contribution in [2.24, 2.45) is 5.73 Å². The number of thiophene rings is 1. The number of halogens is 1. The summed E-state index contributed by atoms with van der Waals surface area (Å²) in [5.74, 6) is 0. The molecule has 0 atom stereocenters. The van der Waals surface area contributed by atoms with E-state index in [4.69, 9.17) is 10.5 Å². The monoisotopic (exact) mass is 264 g/mol. The van der Waals surface area contributed by atoms with E-state index in [0.29, 0.717) is 13.2 Å². The molecule has 0 aromatic carbocycles. The van der Waals surface area contributed by atoms with Crippen LogP contribution in [0.3, 0.4) is 0 Å². The first-order chi connectivity index (χ1) is 7.24. The van der Waals surface area contributed by atoms with Crippen molar-refractivity contribution >= 4 is 23.7 Å². The van der Waals surface area contributed by atoms with Crippen molar-refractivity contribution < 1.29 is 4.74 Å². The first-order valence-electron chi connectivity index (χ1n) is 5.23. The Balaban J connectivity index is 0.00000225. The van der Waals surface area contributed by atoms with Gasteiger partial charge in [0.1, 0.15) is 0 Å². The highest BCUT2D eigenvalue weighted by Crippen LogP contribution is 2.16. The lowest BCUT2D eigenvalue weighted by Crippen LogP contribution is -2.23. The normalized spacial score (nSPS) is 10.5. The fourth-order valence-electron chi connectivity index (χ4n) is 1.30. The molecule has 0 aliphatic carbocycles. The Morgan fingerprint density at radius 3 is 2.75 bits per heavy atom. The van der Waals surface area contributed by atoms with Crippen molar-refractivity contribution in [3.63, 3.8) is 0 Å². The summed E-state index contributed by atoms with van der Waals surface area (Å²) < 4.78 is 5.34. The van der Waals surface area contributed by atoms with E-state index in [1.54, 1.807) is 0 Å². The topological polar surface area (TPSA) is 38.5 Å². The Morgan fingerprint density at radius 1 is 1.44 bits per heavy atom. The number of hydrogen-bond donors (Lipinski definition) is 1. The molecule has 0 bridgehead atoms. The van der Waals surface area contributed by atoms with Gasteiger partial charge in [0.25, 0.3) is 0 Å². The minimum absolute atomic E-state index is 0. The molecule has 0 fully saturated rings. The molecule has 94 valence electrons. The molecule has 0 unspecified atom stereocenters. The van der Waals surface area contributed by atoms with Crippen LogP contribution >= 0.6 is 23.7 Å². The molecule has 16 heavy (non-hydrogen) atoms. The van der Waals surface area contributed by atoms with Crippen molar-refractivity contribution in [3.05, 3.63) is 21.9 Å². The second-order valence-electron chi connectivity index (χ2n) is 3.67. The molecule has 0 saturated carbocycles. The third-order valence-corrected chi connectivity index (χ3v) is 3.27. The molecular formula is C11H21ClN2OS. The van der Waals surface area contributed by atoms with Crippen LogP contribution < -0.4 is 5.73 Å². The predicted octanol–water partition coefficient (Wildman–Crippen LogP) is 1.89. The first kappa shape index (κ1) is 15.9. The van der Waals surface area contributed by atoms with Crippen molar-refractivity contribution in [2.75, 3.05) is 33.4 Å². The molecule has 0 aliphatic rings. The van der Waals surface area contributed by atoms with Crippen LogP contribution in [0.4, 0.5) is 0 Å². The number of likely N-dealkylation sites (N-methyl/N-ethyl adjacent to an activating group) is 1. The first-order valence-corrected chi connectivity index (χ1v) is 6.11. The van der Waals surface area contributed by atoms with Crippen molar-refractivity contribution in [1.82, 2.24) is 4.90 Å². The minimum atomic E-state index is 0. The maximum absolute atomic E-state index is 5.34. The molecule has 2 N–H and O–H groups in total. The van der Waals surface area contributed by atoms with E-state index >= 15 is 0 Å². The highest BCUT2D eigenvalue weighted by Gasteiger charge is 2.03. The van der Waals surface area contributed by atoms with E-state index in [1.807, 2.05) is 11.3 Å². The van der Waals surface area contributed by atoms with Gasteiger partial charge >= 0.3 is 0 Å². The molecule has 0 aliphatic heterocycles. The van der Waals surface area contributed by atoms with Crippen LogP contribution in [0, 0.1) is 6.92 Å². The van der Waals surface area contributed by atoms with Gasteiger partial charge in [0.2, 0.25) is 0 Å². The standard InChI is InChI=1S/C11H20N2OS.ClH/c1-10-3-8-15-11(10)9-13(2)5-7-14-6-4-12;/h3,8H,4-7,9,12H2,1-2H3;1H. The molecule has 0 saturated heterocycles. The third-order valence-electron chi connectivity index (χ3n) is 2.26. The van der Waals surface area contributed by atoms with Gasteiger partial charge in [-0.3, -0.25) is 4.90 Å². The molecule has 3 nitrogen and oxygen atoms in total. The zero-order chi connectivity index (χ0) is 11.1. The summed E-state index contributed by atoms with van der Waals surface area (Å²) in [5.41, 5.74) is 6.72. The Kier molecular flexibility index (Phi) is 8.89. The van der Waals surface area contributed by atoms with Gasteiger partial charge in [0.15, 0.2) is 0 Å². The smallest absolute Gasteiger partial charge is 0.0594 e. The highest BCUT2D eigenvalue weighted by atomic mass is 35.5. The fourth-order valence-corrected chi connectivity index (χ4v) is 2.28. The second-order valence-corrected chi connectivity index (χ2v) is 4.67. The van der Waals surface area contributed by atoms with Crippen LogP contribution in [0.1, 0.15) is 10.4 Å². The van der Waals surface area contributed by atoms with Crippen LogP contribution in [0.15, 0.2) is 11.4 Å². The molecule has 5 heteroatoms. The zero-order valence-corrected chi connectivity index (χ0v) is 11.6. The van der Waals surface area contributed by atoms with Gasteiger partial charge in [0.05, 0.1) is 13.2 Å². The van der Waals surface area contributed by atoms with Gasteiger partial charge in [-0.1, -0.05) is 0 Å². The predicted molar refractivity (Wildman–Crippen MR) is 72.5 cm³/mol. The maximum Gasteiger partial charge on any atom is 0.0594 e. The molecule has 0 spiro atoms. The quantitative estimate of drug-likeness (QED) is 0.765. The molecule has 1 aromatic heterocycles. The lowest BCUT2D eigenvalue weighted by Gasteiger charge is -2.16. The highest BCUT2D eigenvalue weighted by molar-refractivity contribution is 7.10. The van der Waals surface area contributed by atoms with Gasteiger partial charge in [-0.25, -0.2) is 0 Å². The summed E-state index contributed by atoms with van der Waals surface area (Å²) in [6.07, 6.45) is 0. The molecule has 1 rings (SSSR count). The Morgan fingerprint density at radius 2 is 2.19 bits per heavy atom. The van der Waals surface area contributed by atoms with Crippen molar-refractivity contribution in [1.29, 1.82) is 0 Å². The fraction of sp³-hybridized carbons (Fsp3) is 0.636.